The monoisotopic (exact) mass is 405 g/mol. The molecular formula is C19H18F3N5O2. The van der Waals surface area contributed by atoms with Gasteiger partial charge in [0.1, 0.15) is 35.7 Å². The molecule has 3 rings (SSSR count). The zero-order chi connectivity index (χ0) is 21.2. The third-order valence-corrected chi connectivity index (χ3v) is 4.59. The van der Waals surface area contributed by atoms with Crippen molar-refractivity contribution in [3.8, 4) is 0 Å². The van der Waals surface area contributed by atoms with Gasteiger partial charge in [-0.25, -0.2) is 22.8 Å². The average molecular weight is 405 g/mol. The first-order chi connectivity index (χ1) is 13.7. The minimum Gasteiger partial charge on any atom is -0.398 e. The van der Waals surface area contributed by atoms with Gasteiger partial charge in [0.2, 0.25) is 0 Å². The standard InChI is InChI=1S/C19H18F3N5O2/c1-11(26-18(28)14-6-12(20)3-5-17(14)23)19(29,8-27-10-24-9-25-27)15-4-2-13(21)7-16(15)22/h2-7,9-11,29H,8,23H2,1H3,(H,26,28)/t11-,19-/m1/s1. The SMILES string of the molecule is C[C@@H](NC(=O)c1cc(F)ccc1N)[C@](O)(Cn1cncn1)c1ccc(F)cc1F. The Morgan fingerprint density at radius 2 is 1.93 bits per heavy atom. The maximum Gasteiger partial charge on any atom is 0.253 e. The Labute approximate surface area is 164 Å². The second kappa shape index (κ2) is 7.92. The molecule has 2 atom stereocenters. The molecule has 1 aromatic heterocycles. The highest BCUT2D eigenvalue weighted by atomic mass is 19.1. The van der Waals surface area contributed by atoms with E-state index in [9.17, 15) is 23.1 Å². The first-order valence-corrected chi connectivity index (χ1v) is 8.57. The van der Waals surface area contributed by atoms with Crippen LogP contribution >= 0.6 is 0 Å². The summed E-state index contributed by atoms with van der Waals surface area (Å²) < 4.78 is 42.6. The number of carbonyl (C=O) groups is 1. The highest BCUT2D eigenvalue weighted by Gasteiger charge is 2.40. The molecule has 7 nitrogen and oxygen atoms in total. The number of rotatable bonds is 6. The van der Waals surface area contributed by atoms with Gasteiger partial charge in [0.25, 0.3) is 5.91 Å². The van der Waals surface area contributed by atoms with Gasteiger partial charge in [0, 0.05) is 17.3 Å². The molecule has 0 spiro atoms. The van der Waals surface area contributed by atoms with Gasteiger partial charge in [-0.3, -0.25) is 4.79 Å². The van der Waals surface area contributed by atoms with Crippen molar-refractivity contribution >= 4 is 11.6 Å². The maximum atomic E-state index is 14.5. The van der Waals surface area contributed by atoms with Crippen LogP contribution in [-0.2, 0) is 12.1 Å². The van der Waals surface area contributed by atoms with Crippen molar-refractivity contribution in [3.63, 3.8) is 0 Å². The van der Waals surface area contributed by atoms with Crippen LogP contribution in [0.15, 0.2) is 49.1 Å². The smallest absolute Gasteiger partial charge is 0.253 e. The summed E-state index contributed by atoms with van der Waals surface area (Å²) in [6.07, 6.45) is 2.52. The van der Waals surface area contributed by atoms with Crippen molar-refractivity contribution in [2.45, 2.75) is 25.1 Å². The maximum absolute atomic E-state index is 14.5. The fraction of sp³-hybridized carbons (Fsp3) is 0.211. The lowest BCUT2D eigenvalue weighted by Gasteiger charge is -2.35. The molecule has 0 radical (unpaired) electrons. The minimum absolute atomic E-state index is 0.0314. The van der Waals surface area contributed by atoms with Gasteiger partial charge in [-0.2, -0.15) is 5.10 Å². The second-order valence-electron chi connectivity index (χ2n) is 6.57. The highest BCUT2D eigenvalue weighted by Crippen LogP contribution is 2.30. The van der Waals surface area contributed by atoms with Crippen molar-refractivity contribution in [2.24, 2.45) is 0 Å². The van der Waals surface area contributed by atoms with Gasteiger partial charge < -0.3 is 16.2 Å². The van der Waals surface area contributed by atoms with E-state index in [0.717, 1.165) is 24.3 Å². The van der Waals surface area contributed by atoms with Gasteiger partial charge in [0.15, 0.2) is 0 Å². The number of nitrogens with two attached hydrogens (primary N) is 1. The Morgan fingerprint density at radius 1 is 1.24 bits per heavy atom. The molecule has 10 heteroatoms. The summed E-state index contributed by atoms with van der Waals surface area (Å²) in [4.78, 5) is 16.4. The molecule has 0 bridgehead atoms. The van der Waals surface area contributed by atoms with E-state index in [1.165, 1.54) is 30.3 Å². The summed E-state index contributed by atoms with van der Waals surface area (Å²) in [6, 6.07) is 4.88. The fourth-order valence-electron chi connectivity index (χ4n) is 2.98. The molecule has 0 saturated carbocycles. The van der Waals surface area contributed by atoms with Crippen molar-refractivity contribution in [2.75, 3.05) is 5.73 Å². The van der Waals surface area contributed by atoms with E-state index in [2.05, 4.69) is 15.4 Å². The number of nitrogens with zero attached hydrogens (tertiary/aromatic N) is 3. The molecule has 1 amide bonds. The van der Waals surface area contributed by atoms with E-state index in [-0.39, 0.29) is 23.4 Å². The Morgan fingerprint density at radius 3 is 2.59 bits per heavy atom. The molecule has 0 fully saturated rings. The van der Waals surface area contributed by atoms with Crippen LogP contribution in [0.3, 0.4) is 0 Å². The minimum atomic E-state index is -2.04. The Hall–Kier alpha value is -3.40. The van der Waals surface area contributed by atoms with Gasteiger partial charge >= 0.3 is 0 Å². The summed E-state index contributed by atoms with van der Waals surface area (Å²) in [5, 5.41) is 17.7. The van der Waals surface area contributed by atoms with Crippen LogP contribution in [0.5, 0.6) is 0 Å². The highest BCUT2D eigenvalue weighted by molar-refractivity contribution is 5.99. The number of anilines is 1. The van der Waals surface area contributed by atoms with Gasteiger partial charge in [-0.05, 0) is 31.2 Å². The molecule has 0 aliphatic heterocycles. The first-order valence-electron chi connectivity index (χ1n) is 8.57. The van der Waals surface area contributed by atoms with Crippen LogP contribution in [0, 0.1) is 17.5 Å². The molecule has 3 aromatic rings. The predicted molar refractivity (Wildman–Crippen MR) is 98.0 cm³/mol. The number of carbonyl (C=O) groups excluding carboxylic acids is 1. The number of nitrogen functional groups attached to an aromatic ring is 1. The van der Waals surface area contributed by atoms with Gasteiger partial charge in [0.05, 0.1) is 18.2 Å². The van der Waals surface area contributed by atoms with Crippen LogP contribution in [0.2, 0.25) is 0 Å². The lowest BCUT2D eigenvalue weighted by Crippen LogP contribution is -2.52. The topological polar surface area (TPSA) is 106 Å². The van der Waals surface area contributed by atoms with Crippen molar-refractivity contribution in [3.05, 3.63) is 77.6 Å². The van der Waals surface area contributed by atoms with Crippen molar-refractivity contribution in [1.82, 2.24) is 20.1 Å². The largest absolute Gasteiger partial charge is 0.398 e. The van der Waals surface area contributed by atoms with Crippen molar-refractivity contribution < 1.29 is 23.1 Å². The van der Waals surface area contributed by atoms with Crippen LogP contribution in [0.4, 0.5) is 18.9 Å². The summed E-state index contributed by atoms with van der Waals surface area (Å²) in [5.74, 6) is -3.26. The number of hydrogen-bond donors (Lipinski definition) is 3. The van der Waals surface area contributed by atoms with E-state index >= 15 is 0 Å². The number of benzene rings is 2. The number of halogens is 3. The number of amides is 1. The molecule has 0 aliphatic rings. The van der Waals surface area contributed by atoms with Gasteiger partial charge in [-0.1, -0.05) is 6.07 Å². The molecule has 0 unspecified atom stereocenters. The molecule has 2 aromatic carbocycles. The summed E-state index contributed by atoms with van der Waals surface area (Å²) in [6.45, 7) is 1.13. The lowest BCUT2D eigenvalue weighted by atomic mass is 9.86. The summed E-state index contributed by atoms with van der Waals surface area (Å²) in [7, 11) is 0. The molecule has 4 N–H and O–H groups in total. The van der Waals surface area contributed by atoms with E-state index in [0.29, 0.717) is 6.07 Å². The zero-order valence-corrected chi connectivity index (χ0v) is 15.3. The zero-order valence-electron chi connectivity index (χ0n) is 15.3. The van der Waals surface area contributed by atoms with Crippen LogP contribution in [-0.4, -0.2) is 31.8 Å². The van der Waals surface area contributed by atoms with Crippen LogP contribution in [0.1, 0.15) is 22.8 Å². The fourth-order valence-corrected chi connectivity index (χ4v) is 2.98. The number of aromatic nitrogens is 3. The summed E-state index contributed by atoms with van der Waals surface area (Å²) in [5.41, 5.74) is 3.32. The Bertz CT molecular complexity index is 1030. The van der Waals surface area contributed by atoms with Crippen molar-refractivity contribution in [1.29, 1.82) is 0 Å². The third kappa shape index (κ3) is 4.21. The predicted octanol–water partition coefficient (Wildman–Crippen LogP) is 1.98. The number of hydrogen-bond acceptors (Lipinski definition) is 5. The third-order valence-electron chi connectivity index (χ3n) is 4.59. The van der Waals surface area contributed by atoms with E-state index < -0.39 is 35.0 Å². The van der Waals surface area contributed by atoms with E-state index in [1.54, 1.807) is 0 Å². The summed E-state index contributed by atoms with van der Waals surface area (Å²) >= 11 is 0. The molecule has 29 heavy (non-hydrogen) atoms. The van der Waals surface area contributed by atoms with E-state index in [1.807, 2.05) is 0 Å². The molecule has 0 aliphatic carbocycles. The Kier molecular flexibility index (Phi) is 5.55. The second-order valence-corrected chi connectivity index (χ2v) is 6.57. The molecule has 1 heterocycles. The van der Waals surface area contributed by atoms with Crippen LogP contribution < -0.4 is 11.1 Å². The average Bonchev–Trinajstić information content (AvgIpc) is 3.16. The normalized spacial score (nSPS) is 14.2. The molecule has 152 valence electrons. The lowest BCUT2D eigenvalue weighted by molar-refractivity contribution is -0.0186. The van der Waals surface area contributed by atoms with E-state index in [4.69, 9.17) is 5.73 Å². The van der Waals surface area contributed by atoms with Crippen LogP contribution in [0.25, 0.3) is 0 Å². The molecule has 0 saturated heterocycles. The number of nitrogens with one attached hydrogen (secondary N) is 1. The quantitative estimate of drug-likeness (QED) is 0.544. The van der Waals surface area contributed by atoms with Gasteiger partial charge in [-0.15, -0.1) is 0 Å². The number of aliphatic hydroxyl groups is 1. The first kappa shape index (κ1) is 20.3. The molecular weight excluding hydrogens is 387 g/mol. The Balaban J connectivity index is 1.96.